The molecule has 2 aromatic rings. The van der Waals surface area contributed by atoms with E-state index in [9.17, 15) is 14.9 Å². The average molecular weight is 447 g/mol. The Balaban J connectivity index is 2.42. The van der Waals surface area contributed by atoms with E-state index >= 15 is 0 Å². The van der Waals surface area contributed by atoms with Gasteiger partial charge in [-0.25, -0.2) is 9.59 Å². The Morgan fingerprint density at radius 1 is 1.06 bits per heavy atom. The number of rotatable bonds is 5. The summed E-state index contributed by atoms with van der Waals surface area (Å²) < 4.78 is 10.1. The Kier molecular flexibility index (Phi) is 6.73. The van der Waals surface area contributed by atoms with E-state index in [-0.39, 0.29) is 22.7 Å². The second-order valence-electron chi connectivity index (χ2n) is 7.70. The standard InChI is InChI=1S/C25H26N4O4/c1-15-11-12-17(13-19(15)28(2)3)29-22(25(31)33-5)21(24(30)32-4)20(18(14-26)23(29)27)16-9-7-6-8-10-16/h6-13,20H,27H2,1-5H3. The second-order valence-corrected chi connectivity index (χ2v) is 7.70. The van der Waals surface area contributed by atoms with Crippen molar-refractivity contribution in [2.24, 2.45) is 5.73 Å². The maximum absolute atomic E-state index is 13.1. The number of aryl methyl sites for hydroxylation is 1. The molecule has 0 aromatic heterocycles. The lowest BCUT2D eigenvalue weighted by Crippen LogP contribution is -2.40. The van der Waals surface area contributed by atoms with Gasteiger partial charge < -0.3 is 20.1 Å². The molecule has 2 aromatic carbocycles. The van der Waals surface area contributed by atoms with Crippen molar-refractivity contribution < 1.29 is 19.1 Å². The van der Waals surface area contributed by atoms with E-state index in [2.05, 4.69) is 6.07 Å². The highest BCUT2D eigenvalue weighted by Crippen LogP contribution is 2.43. The number of ether oxygens (including phenoxy) is 2. The van der Waals surface area contributed by atoms with Crippen LogP contribution in [0.25, 0.3) is 0 Å². The van der Waals surface area contributed by atoms with Crippen LogP contribution in [-0.4, -0.2) is 40.3 Å². The first kappa shape index (κ1) is 23.4. The van der Waals surface area contributed by atoms with Crippen molar-refractivity contribution in [1.29, 1.82) is 5.26 Å². The number of nitrogens with zero attached hydrogens (tertiary/aromatic N) is 3. The first-order valence-corrected chi connectivity index (χ1v) is 10.2. The first-order valence-electron chi connectivity index (χ1n) is 10.2. The summed E-state index contributed by atoms with van der Waals surface area (Å²) in [6, 6.07) is 16.5. The molecule has 3 rings (SSSR count). The van der Waals surface area contributed by atoms with E-state index in [1.54, 1.807) is 30.3 Å². The number of nitriles is 1. The number of carbonyl (C=O) groups is 2. The fourth-order valence-electron chi connectivity index (χ4n) is 4.00. The number of allylic oxidation sites excluding steroid dienone is 1. The van der Waals surface area contributed by atoms with Gasteiger partial charge in [-0.2, -0.15) is 5.26 Å². The number of nitrogens with two attached hydrogens (primary N) is 1. The minimum Gasteiger partial charge on any atom is -0.466 e. The minimum absolute atomic E-state index is 0.0201. The smallest absolute Gasteiger partial charge is 0.355 e. The van der Waals surface area contributed by atoms with E-state index in [1.807, 2.05) is 44.1 Å². The molecule has 170 valence electrons. The number of methoxy groups -OCH3 is 2. The molecule has 1 heterocycles. The zero-order chi connectivity index (χ0) is 24.3. The van der Waals surface area contributed by atoms with Crippen LogP contribution in [0.4, 0.5) is 11.4 Å². The van der Waals surface area contributed by atoms with Gasteiger partial charge in [0.15, 0.2) is 0 Å². The Labute approximate surface area is 193 Å². The molecule has 33 heavy (non-hydrogen) atoms. The molecular weight excluding hydrogens is 420 g/mol. The van der Waals surface area contributed by atoms with Gasteiger partial charge in [-0.05, 0) is 30.2 Å². The number of benzene rings is 2. The average Bonchev–Trinajstić information content (AvgIpc) is 2.83. The van der Waals surface area contributed by atoms with Gasteiger partial charge in [-0.3, -0.25) is 4.90 Å². The molecule has 0 radical (unpaired) electrons. The largest absolute Gasteiger partial charge is 0.466 e. The van der Waals surface area contributed by atoms with Crippen LogP contribution >= 0.6 is 0 Å². The molecule has 0 fully saturated rings. The monoisotopic (exact) mass is 446 g/mol. The van der Waals surface area contributed by atoms with Gasteiger partial charge in [0.2, 0.25) is 0 Å². The Morgan fingerprint density at radius 2 is 1.70 bits per heavy atom. The van der Waals surface area contributed by atoms with Crippen molar-refractivity contribution in [1.82, 2.24) is 0 Å². The van der Waals surface area contributed by atoms with Gasteiger partial charge in [0.05, 0.1) is 37.4 Å². The predicted octanol–water partition coefficient (Wildman–Crippen LogP) is 2.96. The summed E-state index contributed by atoms with van der Waals surface area (Å²) in [6.07, 6.45) is 0. The van der Waals surface area contributed by atoms with E-state index in [0.717, 1.165) is 11.3 Å². The van der Waals surface area contributed by atoms with Crippen LogP contribution in [0.5, 0.6) is 0 Å². The van der Waals surface area contributed by atoms with Gasteiger partial charge in [0.25, 0.3) is 0 Å². The highest BCUT2D eigenvalue weighted by molar-refractivity contribution is 6.06. The molecule has 0 aliphatic carbocycles. The minimum atomic E-state index is -0.896. The van der Waals surface area contributed by atoms with Crippen molar-refractivity contribution in [3.05, 3.63) is 82.3 Å². The summed E-state index contributed by atoms with van der Waals surface area (Å²) >= 11 is 0. The maximum Gasteiger partial charge on any atom is 0.355 e. The zero-order valence-corrected chi connectivity index (χ0v) is 19.2. The molecule has 8 heteroatoms. The van der Waals surface area contributed by atoms with Gasteiger partial charge in [0, 0.05) is 25.5 Å². The molecule has 1 aliphatic heterocycles. The topological polar surface area (TPSA) is 109 Å². The molecule has 0 bridgehead atoms. The number of carbonyl (C=O) groups excluding carboxylic acids is 2. The Hall–Kier alpha value is -4.25. The summed E-state index contributed by atoms with van der Waals surface area (Å²) in [5.41, 5.74) is 9.54. The predicted molar refractivity (Wildman–Crippen MR) is 125 cm³/mol. The summed E-state index contributed by atoms with van der Waals surface area (Å²) in [7, 11) is 6.23. The molecule has 8 nitrogen and oxygen atoms in total. The van der Waals surface area contributed by atoms with Crippen LogP contribution in [0.3, 0.4) is 0 Å². The van der Waals surface area contributed by atoms with Crippen molar-refractivity contribution in [2.75, 3.05) is 38.1 Å². The van der Waals surface area contributed by atoms with E-state index in [1.165, 1.54) is 19.1 Å². The normalized spacial score (nSPS) is 15.8. The molecule has 0 amide bonds. The molecule has 1 unspecified atom stereocenters. The van der Waals surface area contributed by atoms with Crippen molar-refractivity contribution >= 4 is 23.3 Å². The van der Waals surface area contributed by atoms with Crippen LogP contribution in [0.1, 0.15) is 17.0 Å². The summed E-state index contributed by atoms with van der Waals surface area (Å²) in [4.78, 5) is 29.5. The van der Waals surface area contributed by atoms with Crippen molar-refractivity contribution in [3.63, 3.8) is 0 Å². The van der Waals surface area contributed by atoms with Gasteiger partial charge in [0.1, 0.15) is 11.5 Å². The highest BCUT2D eigenvalue weighted by Gasteiger charge is 2.43. The van der Waals surface area contributed by atoms with Crippen molar-refractivity contribution in [2.45, 2.75) is 12.8 Å². The lowest BCUT2D eigenvalue weighted by molar-refractivity contribution is -0.139. The third kappa shape index (κ3) is 4.13. The number of esters is 2. The molecule has 1 aliphatic rings. The quantitative estimate of drug-likeness (QED) is 0.699. The van der Waals surface area contributed by atoms with Crippen LogP contribution in [0, 0.1) is 18.3 Å². The van der Waals surface area contributed by atoms with Crippen LogP contribution in [0.2, 0.25) is 0 Å². The Bertz CT molecular complexity index is 1190. The van der Waals surface area contributed by atoms with Crippen LogP contribution in [-0.2, 0) is 19.1 Å². The summed E-state index contributed by atoms with van der Waals surface area (Å²) in [6.45, 7) is 1.96. The summed E-state index contributed by atoms with van der Waals surface area (Å²) in [5.74, 6) is -2.39. The van der Waals surface area contributed by atoms with Gasteiger partial charge >= 0.3 is 11.9 Å². The molecule has 1 atom stereocenters. The van der Waals surface area contributed by atoms with E-state index in [4.69, 9.17) is 15.2 Å². The van der Waals surface area contributed by atoms with Crippen molar-refractivity contribution in [3.8, 4) is 6.07 Å². The first-order chi connectivity index (χ1) is 15.8. The zero-order valence-electron chi connectivity index (χ0n) is 19.2. The Morgan fingerprint density at radius 3 is 2.24 bits per heavy atom. The SMILES string of the molecule is COC(=O)C1=C(C(=O)OC)N(c2ccc(C)c(N(C)C)c2)C(N)=C(C#N)C1c1ccccc1. The second kappa shape index (κ2) is 9.49. The number of hydrogen-bond donors (Lipinski definition) is 1. The lowest BCUT2D eigenvalue weighted by Gasteiger charge is -2.36. The fraction of sp³-hybridized carbons (Fsp3) is 0.240. The third-order valence-corrected chi connectivity index (χ3v) is 5.54. The van der Waals surface area contributed by atoms with Crippen LogP contribution < -0.4 is 15.5 Å². The number of anilines is 2. The summed E-state index contributed by atoms with van der Waals surface area (Å²) in [5, 5.41) is 10.1. The molecule has 0 saturated carbocycles. The van der Waals surface area contributed by atoms with E-state index in [0.29, 0.717) is 11.3 Å². The van der Waals surface area contributed by atoms with Gasteiger partial charge in [-0.1, -0.05) is 36.4 Å². The van der Waals surface area contributed by atoms with Gasteiger partial charge in [-0.15, -0.1) is 0 Å². The molecular formula is C25H26N4O4. The van der Waals surface area contributed by atoms with E-state index < -0.39 is 17.9 Å². The molecule has 0 spiro atoms. The molecule has 2 N–H and O–H groups in total. The third-order valence-electron chi connectivity index (χ3n) is 5.54. The van der Waals surface area contributed by atoms with Crippen LogP contribution in [0.15, 0.2) is 71.2 Å². The lowest BCUT2D eigenvalue weighted by atomic mass is 9.81. The highest BCUT2D eigenvalue weighted by atomic mass is 16.5. The molecule has 0 saturated heterocycles. The fourth-order valence-corrected chi connectivity index (χ4v) is 4.00. The maximum atomic E-state index is 13.1. The number of hydrogen-bond acceptors (Lipinski definition) is 8.